The van der Waals surface area contributed by atoms with Crippen molar-refractivity contribution in [1.82, 2.24) is 25.0 Å². The molecule has 0 bridgehead atoms. The number of aromatic nitrogens is 3. The number of nitrogens with zero attached hydrogens (tertiary/aromatic N) is 4. The molecule has 0 radical (unpaired) electrons. The van der Waals surface area contributed by atoms with Crippen LogP contribution in [0.4, 0.5) is 18.9 Å². The number of piperidine rings is 1. The SMILES string of the molecule is Cc1cc(-n2cc(-c3cncc(NC4CCN(CC(F)F)CC4)c3)cn2)c(C)cc1F.O=CNC1CC1. The van der Waals surface area contributed by atoms with Crippen LogP contribution in [0.1, 0.15) is 36.8 Å². The molecule has 2 aromatic heterocycles. The molecule has 3 aromatic rings. The van der Waals surface area contributed by atoms with Crippen LogP contribution in [0.3, 0.4) is 0 Å². The van der Waals surface area contributed by atoms with E-state index in [1.165, 1.54) is 18.9 Å². The first-order chi connectivity index (χ1) is 17.8. The average molecular weight is 515 g/mol. The van der Waals surface area contributed by atoms with Gasteiger partial charge in [-0.05, 0) is 68.9 Å². The van der Waals surface area contributed by atoms with Crippen molar-refractivity contribution < 1.29 is 18.0 Å². The zero-order valence-corrected chi connectivity index (χ0v) is 21.1. The summed E-state index contributed by atoms with van der Waals surface area (Å²) >= 11 is 0. The van der Waals surface area contributed by atoms with Gasteiger partial charge < -0.3 is 10.6 Å². The Bertz CT molecular complexity index is 1190. The number of aryl methyl sites for hydroxylation is 2. The third-order valence-electron chi connectivity index (χ3n) is 6.61. The summed E-state index contributed by atoms with van der Waals surface area (Å²) in [6, 6.07) is 6.09. The first-order valence-corrected chi connectivity index (χ1v) is 12.6. The van der Waals surface area contributed by atoms with Gasteiger partial charge in [0.25, 0.3) is 6.43 Å². The van der Waals surface area contributed by atoms with E-state index in [1.807, 2.05) is 24.1 Å². The van der Waals surface area contributed by atoms with Gasteiger partial charge in [-0.2, -0.15) is 5.10 Å². The van der Waals surface area contributed by atoms with Crippen LogP contribution < -0.4 is 10.6 Å². The van der Waals surface area contributed by atoms with Crippen LogP contribution in [0.5, 0.6) is 0 Å². The normalized spacial score (nSPS) is 16.3. The zero-order chi connectivity index (χ0) is 26.4. The first kappa shape index (κ1) is 26.7. The number of rotatable bonds is 8. The maximum Gasteiger partial charge on any atom is 0.251 e. The average Bonchev–Trinajstić information content (AvgIpc) is 3.55. The maximum absolute atomic E-state index is 13.8. The Hall–Kier alpha value is -3.40. The van der Waals surface area contributed by atoms with Crippen LogP contribution in [-0.4, -0.2) is 64.2 Å². The summed E-state index contributed by atoms with van der Waals surface area (Å²) < 4.78 is 40.6. The molecule has 1 aromatic carbocycles. The minimum absolute atomic E-state index is 0.152. The molecule has 0 unspecified atom stereocenters. The molecule has 2 fully saturated rings. The van der Waals surface area contributed by atoms with E-state index in [4.69, 9.17) is 0 Å². The number of halogens is 3. The van der Waals surface area contributed by atoms with Gasteiger partial charge in [-0.25, -0.2) is 17.9 Å². The molecule has 1 saturated heterocycles. The molecule has 5 rings (SSSR count). The summed E-state index contributed by atoms with van der Waals surface area (Å²) in [5.41, 5.74) is 4.94. The summed E-state index contributed by atoms with van der Waals surface area (Å²) in [5.74, 6) is -0.225. The molecule has 3 heterocycles. The van der Waals surface area contributed by atoms with Crippen molar-refractivity contribution in [2.75, 3.05) is 25.0 Å². The van der Waals surface area contributed by atoms with E-state index in [9.17, 15) is 18.0 Å². The smallest absolute Gasteiger partial charge is 0.251 e. The van der Waals surface area contributed by atoms with Crippen molar-refractivity contribution in [1.29, 1.82) is 0 Å². The van der Waals surface area contributed by atoms with Crippen LogP contribution in [0.25, 0.3) is 16.8 Å². The van der Waals surface area contributed by atoms with Gasteiger partial charge in [0, 0.05) is 54.9 Å². The number of hydrogen-bond donors (Lipinski definition) is 2. The number of amides is 1. The number of anilines is 1. The third-order valence-corrected chi connectivity index (χ3v) is 6.61. The lowest BCUT2D eigenvalue weighted by molar-refractivity contribution is -0.109. The Labute approximate surface area is 215 Å². The lowest BCUT2D eigenvalue weighted by Gasteiger charge is -2.32. The summed E-state index contributed by atoms with van der Waals surface area (Å²) in [7, 11) is 0. The summed E-state index contributed by atoms with van der Waals surface area (Å²) in [6.07, 6.45) is 9.69. The highest BCUT2D eigenvalue weighted by Gasteiger charge is 2.21. The molecule has 198 valence electrons. The first-order valence-electron chi connectivity index (χ1n) is 12.6. The van der Waals surface area contributed by atoms with Gasteiger partial charge in [0.2, 0.25) is 6.41 Å². The number of likely N-dealkylation sites (tertiary alicyclic amines) is 1. The molecule has 37 heavy (non-hydrogen) atoms. The Morgan fingerprint density at radius 1 is 1.00 bits per heavy atom. The number of benzene rings is 1. The second-order valence-corrected chi connectivity index (χ2v) is 9.69. The Morgan fingerprint density at radius 2 is 1.76 bits per heavy atom. The second-order valence-electron chi connectivity index (χ2n) is 9.69. The van der Waals surface area contributed by atoms with E-state index < -0.39 is 6.43 Å². The van der Waals surface area contributed by atoms with Gasteiger partial charge in [0.1, 0.15) is 5.82 Å². The number of alkyl halides is 2. The summed E-state index contributed by atoms with van der Waals surface area (Å²) in [4.78, 5) is 15.7. The minimum atomic E-state index is -2.28. The highest BCUT2D eigenvalue weighted by Crippen LogP contribution is 2.25. The van der Waals surface area contributed by atoms with Crippen LogP contribution in [-0.2, 0) is 4.79 Å². The van der Waals surface area contributed by atoms with E-state index in [-0.39, 0.29) is 18.4 Å². The highest BCUT2D eigenvalue weighted by molar-refractivity contribution is 5.66. The van der Waals surface area contributed by atoms with Crippen molar-refractivity contribution in [2.45, 2.75) is 58.0 Å². The maximum atomic E-state index is 13.8. The van der Waals surface area contributed by atoms with Gasteiger partial charge in [-0.15, -0.1) is 0 Å². The molecule has 10 heteroatoms. The molecule has 1 amide bonds. The predicted octanol–water partition coefficient (Wildman–Crippen LogP) is 4.73. The Kier molecular flexibility index (Phi) is 8.81. The fraction of sp³-hybridized carbons (Fsp3) is 0.444. The van der Waals surface area contributed by atoms with Crippen LogP contribution in [0, 0.1) is 19.7 Å². The van der Waals surface area contributed by atoms with E-state index in [0.717, 1.165) is 47.3 Å². The van der Waals surface area contributed by atoms with Gasteiger partial charge >= 0.3 is 0 Å². The van der Waals surface area contributed by atoms with Crippen molar-refractivity contribution in [3.63, 3.8) is 0 Å². The van der Waals surface area contributed by atoms with E-state index in [1.54, 1.807) is 36.3 Å². The molecule has 0 atom stereocenters. The summed E-state index contributed by atoms with van der Waals surface area (Å²) in [6.45, 7) is 4.77. The monoisotopic (exact) mass is 514 g/mol. The minimum Gasteiger partial charge on any atom is -0.381 e. The topological polar surface area (TPSA) is 75.1 Å². The molecule has 1 aliphatic carbocycles. The van der Waals surface area contributed by atoms with Gasteiger partial charge in [-0.3, -0.25) is 14.7 Å². The number of carbonyl (C=O) groups is 1. The number of hydrogen-bond acceptors (Lipinski definition) is 5. The second kappa shape index (κ2) is 12.2. The number of pyridine rings is 1. The standard InChI is InChI=1S/C23H26F3N5.C4H7NO/c1-15-8-22(16(2)7-21(15)24)31-13-18(11-28-31)17-9-20(12-27-10-17)29-19-3-5-30(6-4-19)14-23(25)26;6-3-5-4-1-2-4/h7-13,19,23,29H,3-6,14H2,1-2H3;3-4H,1-2H2,(H,5,6). The highest BCUT2D eigenvalue weighted by atomic mass is 19.3. The fourth-order valence-corrected chi connectivity index (χ4v) is 4.33. The lowest BCUT2D eigenvalue weighted by Crippen LogP contribution is -2.41. The van der Waals surface area contributed by atoms with Crippen molar-refractivity contribution in [2.24, 2.45) is 0 Å². The van der Waals surface area contributed by atoms with Crippen molar-refractivity contribution in [3.05, 3.63) is 59.9 Å². The van der Waals surface area contributed by atoms with Gasteiger partial charge in [0.15, 0.2) is 0 Å². The van der Waals surface area contributed by atoms with E-state index in [2.05, 4.69) is 20.7 Å². The van der Waals surface area contributed by atoms with E-state index in [0.29, 0.717) is 24.7 Å². The third kappa shape index (κ3) is 7.55. The van der Waals surface area contributed by atoms with Gasteiger partial charge in [0.05, 0.1) is 24.1 Å². The molecular formula is C27H33F3N6O. The summed E-state index contributed by atoms with van der Waals surface area (Å²) in [5, 5.41) is 10.6. The fourth-order valence-electron chi connectivity index (χ4n) is 4.33. The Morgan fingerprint density at radius 3 is 2.41 bits per heavy atom. The largest absolute Gasteiger partial charge is 0.381 e. The molecule has 1 saturated carbocycles. The molecule has 2 N–H and O–H groups in total. The molecule has 1 aliphatic heterocycles. The van der Waals surface area contributed by atoms with Crippen LogP contribution in [0.15, 0.2) is 43.0 Å². The van der Waals surface area contributed by atoms with Crippen LogP contribution >= 0.6 is 0 Å². The number of carbonyl (C=O) groups excluding carboxylic acids is 1. The van der Waals surface area contributed by atoms with E-state index >= 15 is 0 Å². The predicted molar refractivity (Wildman–Crippen MR) is 138 cm³/mol. The van der Waals surface area contributed by atoms with Crippen LogP contribution in [0.2, 0.25) is 0 Å². The molecule has 0 spiro atoms. The Balaban J connectivity index is 0.000000469. The molecule has 2 aliphatic rings. The quantitative estimate of drug-likeness (QED) is 0.426. The lowest BCUT2D eigenvalue weighted by atomic mass is 10.0. The molecule has 7 nitrogen and oxygen atoms in total. The van der Waals surface area contributed by atoms with Crippen molar-refractivity contribution in [3.8, 4) is 16.8 Å². The number of nitrogens with one attached hydrogen (secondary N) is 2. The van der Waals surface area contributed by atoms with Gasteiger partial charge in [-0.1, -0.05) is 0 Å². The molecular weight excluding hydrogens is 481 g/mol. The zero-order valence-electron chi connectivity index (χ0n) is 21.1. The van der Waals surface area contributed by atoms with Crippen molar-refractivity contribution >= 4 is 12.1 Å².